The van der Waals surface area contributed by atoms with Gasteiger partial charge in [0.25, 0.3) is 10.0 Å². The van der Waals surface area contributed by atoms with E-state index < -0.39 is 34.3 Å². The van der Waals surface area contributed by atoms with Crippen LogP contribution in [0.5, 0.6) is 11.5 Å². The average molecular weight is 572 g/mol. The molecule has 3 rings (SSSR count). The molecule has 0 unspecified atom stereocenters. The Bertz CT molecular complexity index is 1420. The lowest BCUT2D eigenvalue weighted by molar-refractivity contribution is -0.139. The highest BCUT2D eigenvalue weighted by Gasteiger charge is 2.33. The van der Waals surface area contributed by atoms with Gasteiger partial charge in [0.1, 0.15) is 18.4 Å². The van der Waals surface area contributed by atoms with Crippen molar-refractivity contribution >= 4 is 27.5 Å². The lowest BCUT2D eigenvalue weighted by atomic mass is 10.1. The number of anilines is 1. The molecular formula is C29H34FN3O6S. The molecule has 214 valence electrons. The first-order chi connectivity index (χ1) is 19.0. The third-order valence-corrected chi connectivity index (χ3v) is 7.90. The molecule has 0 aliphatic carbocycles. The van der Waals surface area contributed by atoms with Crippen LogP contribution in [0.4, 0.5) is 10.1 Å². The van der Waals surface area contributed by atoms with Gasteiger partial charge in [0.2, 0.25) is 11.8 Å². The predicted octanol–water partition coefficient (Wildman–Crippen LogP) is 3.98. The van der Waals surface area contributed by atoms with E-state index in [1.807, 2.05) is 30.3 Å². The summed E-state index contributed by atoms with van der Waals surface area (Å²) in [4.78, 5) is 27.9. The second-order valence-electron chi connectivity index (χ2n) is 9.35. The van der Waals surface area contributed by atoms with Gasteiger partial charge in [-0.25, -0.2) is 12.8 Å². The predicted molar refractivity (Wildman–Crippen MR) is 150 cm³/mol. The molecule has 11 heteroatoms. The lowest BCUT2D eigenvalue weighted by Gasteiger charge is -2.32. The standard InChI is InChI=1S/C29H34FN3O6S/c1-20(2)31-29(35)21(3)32(18-22-9-7-6-8-10-22)28(34)19-33(24-13-11-23(30)12-14-24)40(36,37)25-15-16-26(38-4)27(17-25)39-5/h6-17,20-21H,18-19H2,1-5H3,(H,31,35)/t21-/m0/s1. The molecule has 1 atom stereocenters. The van der Waals surface area contributed by atoms with Crippen LogP contribution in [0.1, 0.15) is 26.3 Å². The zero-order chi connectivity index (χ0) is 29.4. The van der Waals surface area contributed by atoms with Crippen molar-refractivity contribution in [3.8, 4) is 11.5 Å². The number of rotatable bonds is 12. The van der Waals surface area contributed by atoms with E-state index in [0.29, 0.717) is 5.75 Å². The Morgan fingerprint density at radius 3 is 2.10 bits per heavy atom. The molecule has 0 heterocycles. The van der Waals surface area contributed by atoms with Crippen LogP contribution < -0.4 is 19.1 Å². The third kappa shape index (κ3) is 7.29. The molecule has 3 aromatic rings. The fourth-order valence-corrected chi connectivity index (χ4v) is 5.44. The van der Waals surface area contributed by atoms with E-state index in [1.165, 1.54) is 49.5 Å². The van der Waals surface area contributed by atoms with Crippen LogP contribution in [0.3, 0.4) is 0 Å². The van der Waals surface area contributed by atoms with Crippen molar-refractivity contribution < 1.29 is 31.9 Å². The van der Waals surface area contributed by atoms with Crippen LogP contribution in [0, 0.1) is 5.82 Å². The molecule has 0 fully saturated rings. The molecule has 2 amide bonds. The number of carbonyl (C=O) groups excluding carboxylic acids is 2. The number of nitrogens with zero attached hydrogens (tertiary/aromatic N) is 2. The average Bonchev–Trinajstić information content (AvgIpc) is 2.94. The summed E-state index contributed by atoms with van der Waals surface area (Å²) in [5.41, 5.74) is 0.833. The molecule has 0 radical (unpaired) electrons. The smallest absolute Gasteiger partial charge is 0.264 e. The fourth-order valence-electron chi connectivity index (χ4n) is 4.01. The molecule has 9 nitrogen and oxygen atoms in total. The van der Waals surface area contributed by atoms with Gasteiger partial charge in [-0.15, -0.1) is 0 Å². The van der Waals surface area contributed by atoms with E-state index in [9.17, 15) is 22.4 Å². The van der Waals surface area contributed by atoms with E-state index in [4.69, 9.17) is 9.47 Å². The summed E-state index contributed by atoms with van der Waals surface area (Å²) in [6.07, 6.45) is 0. The quantitative estimate of drug-likeness (QED) is 0.353. The SMILES string of the molecule is COc1ccc(S(=O)(=O)N(CC(=O)N(Cc2ccccc2)[C@@H](C)C(=O)NC(C)C)c2ccc(F)cc2)cc1OC. The van der Waals surface area contributed by atoms with Crippen molar-refractivity contribution in [2.45, 2.75) is 44.3 Å². The van der Waals surface area contributed by atoms with Crippen LogP contribution in [0.25, 0.3) is 0 Å². The van der Waals surface area contributed by atoms with Gasteiger partial charge in [0.15, 0.2) is 11.5 Å². The number of benzene rings is 3. The minimum Gasteiger partial charge on any atom is -0.493 e. The van der Waals surface area contributed by atoms with Gasteiger partial charge in [-0.05, 0) is 62.7 Å². The molecule has 0 spiro atoms. The molecule has 0 aromatic heterocycles. The lowest BCUT2D eigenvalue weighted by Crippen LogP contribution is -2.52. The van der Waals surface area contributed by atoms with Crippen molar-refractivity contribution in [2.24, 2.45) is 0 Å². The van der Waals surface area contributed by atoms with Crippen LogP contribution in [0.15, 0.2) is 77.7 Å². The number of carbonyl (C=O) groups is 2. The first kappa shape index (κ1) is 30.4. The number of halogens is 1. The van der Waals surface area contributed by atoms with Gasteiger partial charge in [-0.3, -0.25) is 13.9 Å². The Hall–Kier alpha value is -4.12. The van der Waals surface area contributed by atoms with Crippen molar-refractivity contribution in [2.75, 3.05) is 25.1 Å². The number of methoxy groups -OCH3 is 2. The van der Waals surface area contributed by atoms with Crippen LogP contribution in [-0.4, -0.2) is 58.0 Å². The van der Waals surface area contributed by atoms with Crippen molar-refractivity contribution in [1.29, 1.82) is 0 Å². The molecular weight excluding hydrogens is 537 g/mol. The molecule has 3 aromatic carbocycles. The van der Waals surface area contributed by atoms with Crippen molar-refractivity contribution in [3.63, 3.8) is 0 Å². The molecule has 0 bridgehead atoms. The summed E-state index contributed by atoms with van der Waals surface area (Å²) in [5, 5.41) is 2.80. The maximum atomic E-state index is 13.9. The number of nitrogens with one attached hydrogen (secondary N) is 1. The highest BCUT2D eigenvalue weighted by atomic mass is 32.2. The van der Waals surface area contributed by atoms with Gasteiger partial charge < -0.3 is 19.7 Å². The Kier molecular flexibility index (Phi) is 10.1. The number of hydrogen-bond acceptors (Lipinski definition) is 6. The van der Waals surface area contributed by atoms with Gasteiger partial charge in [-0.1, -0.05) is 30.3 Å². The minimum atomic E-state index is -4.36. The monoisotopic (exact) mass is 571 g/mol. The zero-order valence-electron chi connectivity index (χ0n) is 23.1. The van der Waals surface area contributed by atoms with Crippen LogP contribution in [-0.2, 0) is 26.2 Å². The minimum absolute atomic E-state index is 0.0695. The summed E-state index contributed by atoms with van der Waals surface area (Å²) in [7, 11) is -1.56. The first-order valence-corrected chi connectivity index (χ1v) is 14.1. The summed E-state index contributed by atoms with van der Waals surface area (Å²) in [6, 6.07) is 16.8. The number of sulfonamides is 1. The molecule has 40 heavy (non-hydrogen) atoms. The fraction of sp³-hybridized carbons (Fsp3) is 0.310. The summed E-state index contributed by atoms with van der Waals surface area (Å²) < 4.78 is 53.0. The Morgan fingerprint density at radius 1 is 0.900 bits per heavy atom. The second kappa shape index (κ2) is 13.3. The maximum absolute atomic E-state index is 13.9. The van der Waals surface area contributed by atoms with E-state index in [-0.39, 0.29) is 34.8 Å². The number of amides is 2. The molecule has 0 saturated carbocycles. The Morgan fingerprint density at radius 2 is 1.52 bits per heavy atom. The van der Waals surface area contributed by atoms with Gasteiger partial charge >= 0.3 is 0 Å². The largest absolute Gasteiger partial charge is 0.493 e. The number of hydrogen-bond donors (Lipinski definition) is 1. The van der Waals surface area contributed by atoms with Crippen LogP contribution in [0.2, 0.25) is 0 Å². The summed E-state index contributed by atoms with van der Waals surface area (Å²) in [6.45, 7) is 4.62. The Balaban J connectivity index is 2.06. The van der Waals surface area contributed by atoms with Crippen LogP contribution >= 0.6 is 0 Å². The van der Waals surface area contributed by atoms with E-state index in [2.05, 4.69) is 5.32 Å². The summed E-state index contributed by atoms with van der Waals surface area (Å²) in [5.74, 6) is -1.06. The van der Waals surface area contributed by atoms with Crippen molar-refractivity contribution in [1.82, 2.24) is 10.2 Å². The highest BCUT2D eigenvalue weighted by Crippen LogP contribution is 2.32. The Labute approximate surface area is 234 Å². The van der Waals surface area contributed by atoms with E-state index in [0.717, 1.165) is 22.0 Å². The van der Waals surface area contributed by atoms with Gasteiger partial charge in [0, 0.05) is 18.7 Å². The highest BCUT2D eigenvalue weighted by molar-refractivity contribution is 7.92. The third-order valence-electron chi connectivity index (χ3n) is 6.13. The molecule has 0 aliphatic rings. The summed E-state index contributed by atoms with van der Waals surface area (Å²) >= 11 is 0. The second-order valence-corrected chi connectivity index (χ2v) is 11.2. The molecule has 1 N–H and O–H groups in total. The maximum Gasteiger partial charge on any atom is 0.264 e. The molecule has 0 aliphatic heterocycles. The molecule has 0 saturated heterocycles. The number of ether oxygens (including phenoxy) is 2. The normalized spacial score (nSPS) is 12.0. The topological polar surface area (TPSA) is 105 Å². The van der Waals surface area contributed by atoms with E-state index >= 15 is 0 Å². The van der Waals surface area contributed by atoms with Gasteiger partial charge in [0.05, 0.1) is 24.8 Å². The van der Waals surface area contributed by atoms with Gasteiger partial charge in [-0.2, -0.15) is 0 Å². The zero-order valence-corrected chi connectivity index (χ0v) is 23.9. The first-order valence-electron chi connectivity index (χ1n) is 12.6. The van der Waals surface area contributed by atoms with E-state index in [1.54, 1.807) is 20.8 Å². The van der Waals surface area contributed by atoms with Crippen molar-refractivity contribution in [3.05, 3.63) is 84.2 Å².